The van der Waals surface area contributed by atoms with E-state index < -0.39 is 0 Å². The van der Waals surface area contributed by atoms with Crippen LogP contribution in [-0.4, -0.2) is 41.2 Å². The first kappa shape index (κ1) is 12.5. The number of aromatic nitrogens is 2. The first-order valence-electron chi connectivity index (χ1n) is 6.58. The molecule has 96 valence electrons. The van der Waals surface area contributed by atoms with Gasteiger partial charge in [-0.2, -0.15) is 4.98 Å². The molecule has 5 heteroatoms. The molecule has 17 heavy (non-hydrogen) atoms. The van der Waals surface area contributed by atoms with Crippen molar-refractivity contribution >= 4 is 0 Å². The summed E-state index contributed by atoms with van der Waals surface area (Å²) in [5.74, 6) is 2.12. The molecule has 1 aliphatic heterocycles. The van der Waals surface area contributed by atoms with Crippen LogP contribution in [0.25, 0.3) is 0 Å². The third-order valence-electron chi connectivity index (χ3n) is 3.48. The van der Waals surface area contributed by atoms with Crippen molar-refractivity contribution in [3.8, 4) is 0 Å². The summed E-state index contributed by atoms with van der Waals surface area (Å²) in [6.07, 6.45) is 4.00. The molecule has 2 N–H and O–H groups in total. The fourth-order valence-electron chi connectivity index (χ4n) is 2.30. The molecule has 5 nitrogen and oxygen atoms in total. The van der Waals surface area contributed by atoms with Gasteiger partial charge < -0.3 is 15.2 Å². The van der Waals surface area contributed by atoms with E-state index in [2.05, 4.69) is 22.0 Å². The van der Waals surface area contributed by atoms with Gasteiger partial charge in [0.05, 0.1) is 0 Å². The van der Waals surface area contributed by atoms with Crippen LogP contribution in [0.3, 0.4) is 0 Å². The van der Waals surface area contributed by atoms with E-state index in [-0.39, 0.29) is 0 Å². The number of hydrogen-bond donors (Lipinski definition) is 1. The predicted molar refractivity (Wildman–Crippen MR) is 65.8 cm³/mol. The minimum atomic E-state index is 0.480. The molecule has 1 aromatic heterocycles. The second-order valence-electron chi connectivity index (χ2n) is 4.65. The van der Waals surface area contributed by atoms with Gasteiger partial charge in [0.2, 0.25) is 5.89 Å². The van der Waals surface area contributed by atoms with E-state index >= 15 is 0 Å². The third kappa shape index (κ3) is 3.26. The van der Waals surface area contributed by atoms with E-state index in [4.69, 9.17) is 10.3 Å². The Hall–Kier alpha value is -0.940. The molecule has 2 rings (SSSR count). The molecule has 0 aromatic carbocycles. The van der Waals surface area contributed by atoms with Crippen molar-refractivity contribution in [2.24, 2.45) is 5.73 Å². The maximum absolute atomic E-state index is 5.46. The monoisotopic (exact) mass is 238 g/mol. The lowest BCUT2D eigenvalue weighted by atomic mass is 9.96. The average Bonchev–Trinajstić information content (AvgIpc) is 2.85. The fraction of sp³-hybridized carbons (Fsp3) is 0.833. The molecule has 2 heterocycles. The number of rotatable bonds is 5. The molecule has 0 atom stereocenters. The van der Waals surface area contributed by atoms with Crippen LogP contribution in [0.15, 0.2) is 4.52 Å². The van der Waals surface area contributed by atoms with Gasteiger partial charge in [-0.05, 0) is 45.4 Å². The molecule has 0 unspecified atom stereocenters. The Morgan fingerprint density at radius 1 is 1.41 bits per heavy atom. The number of likely N-dealkylation sites (tertiary alicyclic amines) is 1. The molecule has 1 aromatic rings. The Bertz CT molecular complexity index is 331. The summed E-state index contributed by atoms with van der Waals surface area (Å²) in [7, 11) is 0. The number of nitrogens with two attached hydrogens (primary N) is 1. The molecule has 1 aliphatic rings. The summed E-state index contributed by atoms with van der Waals surface area (Å²) in [5, 5.41) is 4.10. The van der Waals surface area contributed by atoms with Gasteiger partial charge in [0.1, 0.15) is 0 Å². The molecule has 0 aliphatic carbocycles. The van der Waals surface area contributed by atoms with Crippen molar-refractivity contribution in [1.29, 1.82) is 0 Å². The van der Waals surface area contributed by atoms with Crippen LogP contribution in [0.5, 0.6) is 0 Å². The Labute approximate surface area is 102 Å². The van der Waals surface area contributed by atoms with E-state index in [1.165, 1.54) is 0 Å². The zero-order valence-corrected chi connectivity index (χ0v) is 10.6. The summed E-state index contributed by atoms with van der Waals surface area (Å²) < 4.78 is 5.24. The molecular formula is C12H22N4O. The van der Waals surface area contributed by atoms with E-state index in [0.29, 0.717) is 12.5 Å². The first-order valence-corrected chi connectivity index (χ1v) is 6.58. The van der Waals surface area contributed by atoms with Gasteiger partial charge >= 0.3 is 0 Å². The Balaban J connectivity index is 1.87. The summed E-state index contributed by atoms with van der Waals surface area (Å²) in [5.41, 5.74) is 5.46. The van der Waals surface area contributed by atoms with Gasteiger partial charge in [0, 0.05) is 12.3 Å². The maximum Gasteiger partial charge on any atom is 0.226 e. The van der Waals surface area contributed by atoms with Gasteiger partial charge in [0.25, 0.3) is 0 Å². The second kappa shape index (κ2) is 6.12. The van der Waals surface area contributed by atoms with Crippen molar-refractivity contribution < 1.29 is 4.52 Å². The third-order valence-corrected chi connectivity index (χ3v) is 3.48. The molecule has 1 fully saturated rings. The van der Waals surface area contributed by atoms with E-state index in [1.54, 1.807) is 0 Å². The number of nitrogens with zero attached hydrogens (tertiary/aromatic N) is 3. The second-order valence-corrected chi connectivity index (χ2v) is 4.65. The van der Waals surface area contributed by atoms with Crippen molar-refractivity contribution in [3.63, 3.8) is 0 Å². The van der Waals surface area contributed by atoms with E-state index in [0.717, 1.165) is 57.0 Å². The van der Waals surface area contributed by atoms with E-state index in [1.807, 2.05) is 0 Å². The largest absolute Gasteiger partial charge is 0.339 e. The van der Waals surface area contributed by atoms with Crippen LogP contribution < -0.4 is 5.73 Å². The lowest BCUT2D eigenvalue weighted by Gasteiger charge is -2.29. The topological polar surface area (TPSA) is 68.2 Å². The van der Waals surface area contributed by atoms with Crippen molar-refractivity contribution in [2.75, 3.05) is 26.2 Å². The highest BCUT2D eigenvalue weighted by Crippen LogP contribution is 2.25. The standard InChI is InChI=1S/C12H22N4O/c1-2-16-8-5-10(6-9-16)12-14-11(17-15-12)4-3-7-13/h10H,2-9,13H2,1H3. The lowest BCUT2D eigenvalue weighted by Crippen LogP contribution is -2.32. The zero-order valence-electron chi connectivity index (χ0n) is 10.6. The number of aryl methyl sites for hydroxylation is 1. The van der Waals surface area contributed by atoms with Crippen LogP contribution in [-0.2, 0) is 6.42 Å². The Kier molecular flexibility index (Phi) is 4.50. The minimum absolute atomic E-state index is 0.480. The smallest absolute Gasteiger partial charge is 0.226 e. The summed E-state index contributed by atoms with van der Waals surface area (Å²) >= 11 is 0. The molecule has 0 spiro atoms. The minimum Gasteiger partial charge on any atom is -0.339 e. The van der Waals surface area contributed by atoms with Gasteiger partial charge in [-0.25, -0.2) is 0 Å². The van der Waals surface area contributed by atoms with Gasteiger partial charge in [-0.3, -0.25) is 0 Å². The number of hydrogen-bond acceptors (Lipinski definition) is 5. The quantitative estimate of drug-likeness (QED) is 0.833. The normalized spacial score (nSPS) is 18.7. The molecule has 0 bridgehead atoms. The van der Waals surface area contributed by atoms with Crippen LogP contribution in [0, 0.1) is 0 Å². The zero-order chi connectivity index (χ0) is 12.1. The summed E-state index contributed by atoms with van der Waals surface area (Å²) in [6.45, 7) is 6.31. The van der Waals surface area contributed by atoms with Gasteiger partial charge in [-0.15, -0.1) is 0 Å². The fourth-order valence-corrected chi connectivity index (χ4v) is 2.30. The maximum atomic E-state index is 5.46. The van der Waals surface area contributed by atoms with Crippen LogP contribution >= 0.6 is 0 Å². The van der Waals surface area contributed by atoms with Crippen molar-refractivity contribution in [2.45, 2.75) is 38.5 Å². The molecule has 0 radical (unpaired) electrons. The Morgan fingerprint density at radius 2 is 2.18 bits per heavy atom. The SMILES string of the molecule is CCN1CCC(c2noc(CCCN)n2)CC1. The molecular weight excluding hydrogens is 216 g/mol. The molecule has 1 saturated heterocycles. The predicted octanol–water partition coefficient (Wildman–Crippen LogP) is 1.16. The first-order chi connectivity index (χ1) is 8.33. The highest BCUT2D eigenvalue weighted by atomic mass is 16.5. The average molecular weight is 238 g/mol. The summed E-state index contributed by atoms with van der Waals surface area (Å²) in [6, 6.07) is 0. The van der Waals surface area contributed by atoms with Gasteiger partial charge in [0.15, 0.2) is 5.82 Å². The molecule has 0 amide bonds. The summed E-state index contributed by atoms with van der Waals surface area (Å²) in [4.78, 5) is 6.93. The molecule has 0 saturated carbocycles. The van der Waals surface area contributed by atoms with Crippen molar-refractivity contribution in [1.82, 2.24) is 15.0 Å². The van der Waals surface area contributed by atoms with E-state index in [9.17, 15) is 0 Å². The highest BCUT2D eigenvalue weighted by molar-refractivity contribution is 4.98. The van der Waals surface area contributed by atoms with Crippen LogP contribution in [0.4, 0.5) is 0 Å². The van der Waals surface area contributed by atoms with Crippen molar-refractivity contribution in [3.05, 3.63) is 11.7 Å². The Morgan fingerprint density at radius 3 is 2.82 bits per heavy atom. The lowest BCUT2D eigenvalue weighted by molar-refractivity contribution is 0.217. The van der Waals surface area contributed by atoms with Gasteiger partial charge in [-0.1, -0.05) is 12.1 Å². The number of piperidine rings is 1. The highest BCUT2D eigenvalue weighted by Gasteiger charge is 2.23. The van der Waals surface area contributed by atoms with Crippen LogP contribution in [0.1, 0.15) is 43.8 Å². The van der Waals surface area contributed by atoms with Crippen LogP contribution in [0.2, 0.25) is 0 Å².